The molecule has 0 spiro atoms. The highest BCUT2D eigenvalue weighted by Crippen LogP contribution is 2.28. The molecular formula is C21H37IN4O. The lowest BCUT2D eigenvalue weighted by atomic mass is 10.0. The quantitative estimate of drug-likeness (QED) is 0.229. The Balaban J connectivity index is 0.00000364. The van der Waals surface area contributed by atoms with Crippen LogP contribution in [0.1, 0.15) is 45.2 Å². The Labute approximate surface area is 182 Å². The average molecular weight is 488 g/mol. The largest absolute Gasteiger partial charge is 0.379 e. The highest BCUT2D eigenvalue weighted by molar-refractivity contribution is 14.0. The lowest BCUT2D eigenvalue weighted by molar-refractivity contribution is 0.115. The first-order valence-corrected chi connectivity index (χ1v) is 9.73. The molecule has 0 aliphatic heterocycles. The van der Waals surface area contributed by atoms with Crippen molar-refractivity contribution < 1.29 is 4.74 Å². The number of aliphatic imine (C=N–C) groups is 1. The zero-order chi connectivity index (χ0) is 19.0. The van der Waals surface area contributed by atoms with Gasteiger partial charge in [0.1, 0.15) is 0 Å². The predicted molar refractivity (Wildman–Crippen MR) is 125 cm³/mol. The lowest BCUT2D eigenvalue weighted by Crippen LogP contribution is -2.52. The number of benzene rings is 1. The van der Waals surface area contributed by atoms with Crippen LogP contribution in [0, 0.1) is 5.92 Å². The topological polar surface area (TPSA) is 48.9 Å². The van der Waals surface area contributed by atoms with E-state index in [0.717, 1.165) is 38.2 Å². The minimum atomic E-state index is -0.0610. The molecule has 1 atom stereocenters. The Hall–Kier alpha value is -0.860. The molecule has 1 aromatic carbocycles. The van der Waals surface area contributed by atoms with Crippen molar-refractivity contribution in [2.45, 2.75) is 45.2 Å². The van der Waals surface area contributed by atoms with E-state index in [1.807, 2.05) is 7.05 Å². The summed E-state index contributed by atoms with van der Waals surface area (Å²) in [5, 5.41) is 7.19. The molecule has 5 nitrogen and oxygen atoms in total. The zero-order valence-electron chi connectivity index (χ0n) is 17.5. The van der Waals surface area contributed by atoms with Gasteiger partial charge in [-0.25, -0.2) is 0 Å². The number of nitrogens with one attached hydrogen (secondary N) is 2. The number of halogens is 1. The Bertz CT molecular complexity index is 561. The van der Waals surface area contributed by atoms with Crippen LogP contribution in [-0.4, -0.2) is 56.8 Å². The fourth-order valence-corrected chi connectivity index (χ4v) is 2.99. The molecular weight excluding hydrogens is 451 g/mol. The third kappa shape index (κ3) is 9.25. The smallest absolute Gasteiger partial charge is 0.193 e. The molecule has 1 aliphatic carbocycles. The van der Waals surface area contributed by atoms with Gasteiger partial charge in [-0.05, 0) is 45.1 Å². The van der Waals surface area contributed by atoms with Crippen molar-refractivity contribution in [1.29, 1.82) is 0 Å². The fraction of sp³-hybridized carbons (Fsp3) is 0.667. The molecule has 0 aromatic heterocycles. The number of rotatable bonds is 10. The SMILES string of the molecule is CN=C(NCC(C)(C)NC(C)c1ccccc1)N(C)CCOCC1CC1.I. The minimum Gasteiger partial charge on any atom is -0.379 e. The van der Waals surface area contributed by atoms with Crippen LogP contribution in [0.2, 0.25) is 0 Å². The van der Waals surface area contributed by atoms with E-state index in [2.05, 4.69) is 78.7 Å². The van der Waals surface area contributed by atoms with E-state index >= 15 is 0 Å². The highest BCUT2D eigenvalue weighted by atomic mass is 127. The van der Waals surface area contributed by atoms with Crippen LogP contribution in [0.4, 0.5) is 0 Å². The van der Waals surface area contributed by atoms with Gasteiger partial charge in [-0.1, -0.05) is 30.3 Å². The van der Waals surface area contributed by atoms with Crippen molar-refractivity contribution in [2.24, 2.45) is 10.9 Å². The molecule has 1 saturated carbocycles. The summed E-state index contributed by atoms with van der Waals surface area (Å²) in [5.41, 5.74) is 1.24. The van der Waals surface area contributed by atoms with Gasteiger partial charge < -0.3 is 20.3 Å². The van der Waals surface area contributed by atoms with Crippen molar-refractivity contribution in [3.8, 4) is 0 Å². The van der Waals surface area contributed by atoms with Crippen LogP contribution >= 0.6 is 24.0 Å². The maximum Gasteiger partial charge on any atom is 0.193 e. The Kier molecular flexibility index (Phi) is 10.6. The van der Waals surface area contributed by atoms with Gasteiger partial charge in [0.05, 0.1) is 6.61 Å². The van der Waals surface area contributed by atoms with Crippen molar-refractivity contribution in [3.63, 3.8) is 0 Å². The van der Waals surface area contributed by atoms with E-state index in [9.17, 15) is 0 Å². The van der Waals surface area contributed by atoms with E-state index in [1.54, 1.807) is 0 Å². The van der Waals surface area contributed by atoms with Crippen molar-refractivity contribution in [2.75, 3.05) is 40.4 Å². The van der Waals surface area contributed by atoms with Gasteiger partial charge in [-0.3, -0.25) is 4.99 Å². The average Bonchev–Trinajstić information content (AvgIpc) is 3.44. The van der Waals surface area contributed by atoms with Gasteiger partial charge in [-0.15, -0.1) is 24.0 Å². The van der Waals surface area contributed by atoms with Gasteiger partial charge >= 0.3 is 0 Å². The summed E-state index contributed by atoms with van der Waals surface area (Å²) in [6, 6.07) is 10.8. The molecule has 0 heterocycles. The maximum atomic E-state index is 5.73. The summed E-state index contributed by atoms with van der Waals surface area (Å²) in [6.45, 7) is 9.94. The van der Waals surface area contributed by atoms with E-state index in [0.29, 0.717) is 6.04 Å². The molecule has 27 heavy (non-hydrogen) atoms. The predicted octanol–water partition coefficient (Wildman–Crippen LogP) is 3.67. The molecule has 1 unspecified atom stereocenters. The monoisotopic (exact) mass is 488 g/mol. The summed E-state index contributed by atoms with van der Waals surface area (Å²) >= 11 is 0. The Morgan fingerprint density at radius 2 is 1.96 bits per heavy atom. The van der Waals surface area contributed by atoms with Crippen LogP contribution in [0.25, 0.3) is 0 Å². The van der Waals surface area contributed by atoms with Crippen molar-refractivity contribution >= 4 is 29.9 Å². The second-order valence-electron chi connectivity index (χ2n) is 8.00. The van der Waals surface area contributed by atoms with Gasteiger partial charge in [0.2, 0.25) is 0 Å². The third-order valence-electron chi connectivity index (χ3n) is 4.79. The molecule has 6 heteroatoms. The number of nitrogens with zero attached hydrogens (tertiary/aromatic N) is 2. The molecule has 154 valence electrons. The lowest BCUT2D eigenvalue weighted by Gasteiger charge is -2.32. The van der Waals surface area contributed by atoms with Crippen LogP contribution in [0.3, 0.4) is 0 Å². The number of guanidine groups is 1. The first kappa shape index (κ1) is 24.2. The fourth-order valence-electron chi connectivity index (χ4n) is 2.99. The third-order valence-corrected chi connectivity index (χ3v) is 4.79. The summed E-state index contributed by atoms with van der Waals surface area (Å²) in [7, 11) is 3.89. The Morgan fingerprint density at radius 1 is 1.30 bits per heavy atom. The van der Waals surface area contributed by atoms with E-state index in [4.69, 9.17) is 4.74 Å². The summed E-state index contributed by atoms with van der Waals surface area (Å²) in [6.07, 6.45) is 2.67. The molecule has 0 bridgehead atoms. The first-order chi connectivity index (χ1) is 12.4. The molecule has 2 rings (SSSR count). The molecule has 0 amide bonds. The molecule has 0 saturated heterocycles. The first-order valence-electron chi connectivity index (χ1n) is 9.73. The van der Waals surface area contributed by atoms with Gasteiger partial charge in [0, 0.05) is 45.4 Å². The van der Waals surface area contributed by atoms with Crippen LogP contribution < -0.4 is 10.6 Å². The summed E-state index contributed by atoms with van der Waals surface area (Å²) < 4.78 is 5.73. The minimum absolute atomic E-state index is 0. The molecule has 2 N–H and O–H groups in total. The number of hydrogen-bond donors (Lipinski definition) is 2. The molecule has 1 fully saturated rings. The van der Waals surface area contributed by atoms with Gasteiger partial charge in [0.15, 0.2) is 5.96 Å². The van der Waals surface area contributed by atoms with E-state index in [1.165, 1.54) is 18.4 Å². The van der Waals surface area contributed by atoms with E-state index in [-0.39, 0.29) is 29.5 Å². The number of ether oxygens (including phenoxy) is 1. The Morgan fingerprint density at radius 3 is 2.56 bits per heavy atom. The summed E-state index contributed by atoms with van der Waals surface area (Å²) in [5.74, 6) is 1.72. The molecule has 0 radical (unpaired) electrons. The van der Waals surface area contributed by atoms with Crippen LogP contribution in [0.15, 0.2) is 35.3 Å². The molecule has 1 aliphatic rings. The zero-order valence-corrected chi connectivity index (χ0v) is 19.8. The second-order valence-corrected chi connectivity index (χ2v) is 8.00. The number of hydrogen-bond acceptors (Lipinski definition) is 3. The normalized spacial score (nSPS) is 15.8. The van der Waals surface area contributed by atoms with Gasteiger partial charge in [0.25, 0.3) is 0 Å². The summed E-state index contributed by atoms with van der Waals surface area (Å²) in [4.78, 5) is 6.53. The second kappa shape index (κ2) is 11.9. The standard InChI is InChI=1S/C21H36N4O.HI/c1-17(19-9-7-6-8-10-19)24-21(2,3)16-23-20(22-4)25(5)13-14-26-15-18-11-12-18;/h6-10,17-18,24H,11-16H2,1-5H3,(H,22,23);1H. The highest BCUT2D eigenvalue weighted by Gasteiger charge is 2.22. The number of likely N-dealkylation sites (N-methyl/N-ethyl adjacent to an activating group) is 1. The maximum absolute atomic E-state index is 5.73. The van der Waals surface area contributed by atoms with E-state index < -0.39 is 0 Å². The van der Waals surface area contributed by atoms with Crippen molar-refractivity contribution in [1.82, 2.24) is 15.5 Å². The van der Waals surface area contributed by atoms with Crippen LogP contribution in [0.5, 0.6) is 0 Å². The van der Waals surface area contributed by atoms with Crippen LogP contribution in [-0.2, 0) is 4.74 Å². The van der Waals surface area contributed by atoms with Gasteiger partial charge in [-0.2, -0.15) is 0 Å². The molecule has 1 aromatic rings. The van der Waals surface area contributed by atoms with Crippen molar-refractivity contribution in [3.05, 3.63) is 35.9 Å².